The molecule has 0 aliphatic carbocycles. The topological polar surface area (TPSA) is 100 Å². The van der Waals surface area contributed by atoms with E-state index in [2.05, 4.69) is 20.3 Å². The molecule has 1 fully saturated rings. The van der Waals surface area contributed by atoms with Crippen molar-refractivity contribution in [3.63, 3.8) is 0 Å². The minimum atomic E-state index is -0.907. The molecular weight excluding hydrogens is 342 g/mol. The van der Waals surface area contributed by atoms with E-state index in [1.54, 1.807) is 6.92 Å². The highest BCUT2D eigenvalue weighted by molar-refractivity contribution is 8.00. The maximum atomic E-state index is 11.1. The lowest BCUT2D eigenvalue weighted by Crippen LogP contribution is -2.37. The summed E-state index contributed by atoms with van der Waals surface area (Å²) in [4.78, 5) is 26.4. The molecule has 1 saturated heterocycles. The Kier molecular flexibility index (Phi) is 5.67. The van der Waals surface area contributed by atoms with Gasteiger partial charge in [0.25, 0.3) is 0 Å². The summed E-state index contributed by atoms with van der Waals surface area (Å²) in [6, 6.07) is 9.56. The number of benzene rings is 1. The zero-order valence-corrected chi connectivity index (χ0v) is 14.6. The molecule has 1 aromatic heterocycles. The molecule has 132 valence electrons. The number of hydrogen-bond donors (Lipinski definition) is 2. The van der Waals surface area contributed by atoms with E-state index in [1.165, 1.54) is 0 Å². The molecule has 1 atom stereocenters. The number of carboxylic acid groups (broad SMARTS) is 1. The Morgan fingerprint density at radius 1 is 1.24 bits per heavy atom. The number of aliphatic carboxylic acids is 1. The Hall–Kier alpha value is -2.39. The number of carbonyl (C=O) groups is 1. The molecule has 2 aromatic rings. The monoisotopic (exact) mass is 361 g/mol. The highest BCUT2D eigenvalue weighted by Crippen LogP contribution is 2.24. The van der Waals surface area contributed by atoms with E-state index in [0.29, 0.717) is 43.4 Å². The van der Waals surface area contributed by atoms with E-state index >= 15 is 0 Å². The summed E-state index contributed by atoms with van der Waals surface area (Å²) in [5.41, 5.74) is 0.851. The predicted octanol–water partition coefficient (Wildman–Crippen LogP) is 2.02. The van der Waals surface area contributed by atoms with Crippen LogP contribution < -0.4 is 10.2 Å². The van der Waals surface area contributed by atoms with E-state index in [4.69, 9.17) is 9.84 Å². The zero-order valence-electron chi connectivity index (χ0n) is 13.8. The van der Waals surface area contributed by atoms with Gasteiger partial charge in [-0.3, -0.25) is 4.79 Å². The number of thioether (sulfide) groups is 1. The van der Waals surface area contributed by atoms with E-state index < -0.39 is 11.2 Å². The van der Waals surface area contributed by atoms with Gasteiger partial charge in [-0.1, -0.05) is 30.0 Å². The van der Waals surface area contributed by atoms with Crippen molar-refractivity contribution in [1.82, 2.24) is 15.0 Å². The summed E-state index contributed by atoms with van der Waals surface area (Å²) in [6.07, 6.45) is 0. The van der Waals surface area contributed by atoms with Gasteiger partial charge >= 0.3 is 5.97 Å². The van der Waals surface area contributed by atoms with Crippen LogP contribution in [0.2, 0.25) is 0 Å². The van der Waals surface area contributed by atoms with Crippen molar-refractivity contribution in [1.29, 1.82) is 0 Å². The molecule has 1 unspecified atom stereocenters. The van der Waals surface area contributed by atoms with Crippen LogP contribution in [0, 0.1) is 0 Å². The normalized spacial score (nSPS) is 15.6. The lowest BCUT2D eigenvalue weighted by Gasteiger charge is -2.27. The number of nitrogens with zero attached hydrogens (tertiary/aromatic N) is 4. The van der Waals surface area contributed by atoms with Crippen LogP contribution in [-0.2, 0) is 9.53 Å². The van der Waals surface area contributed by atoms with Crippen LogP contribution in [0.4, 0.5) is 17.6 Å². The maximum Gasteiger partial charge on any atom is 0.316 e. The third-order valence-electron chi connectivity index (χ3n) is 3.56. The molecule has 1 aromatic carbocycles. The van der Waals surface area contributed by atoms with Crippen molar-refractivity contribution in [2.45, 2.75) is 17.3 Å². The van der Waals surface area contributed by atoms with E-state index in [1.807, 2.05) is 35.2 Å². The number of carboxylic acids is 1. The van der Waals surface area contributed by atoms with E-state index in [9.17, 15) is 4.79 Å². The molecule has 1 aliphatic heterocycles. The van der Waals surface area contributed by atoms with Gasteiger partial charge in [0.2, 0.25) is 11.9 Å². The standard InChI is InChI=1S/C16H19N5O3S/c1-11(13(22)23)25-16-19-14(17-12-5-3-2-4-6-12)18-15(20-16)21-7-9-24-10-8-21/h2-6,11H,7-10H2,1H3,(H,22,23)(H,17,18,19,20). The van der Waals surface area contributed by atoms with Crippen LogP contribution in [-0.4, -0.2) is 57.6 Å². The molecule has 0 radical (unpaired) electrons. The van der Waals surface area contributed by atoms with Crippen LogP contribution in [0.15, 0.2) is 35.5 Å². The van der Waals surface area contributed by atoms with Crippen LogP contribution in [0.5, 0.6) is 0 Å². The fourth-order valence-corrected chi connectivity index (χ4v) is 2.91. The molecule has 2 heterocycles. The number of rotatable bonds is 6. The van der Waals surface area contributed by atoms with Crippen LogP contribution in [0.3, 0.4) is 0 Å². The second-order valence-corrected chi connectivity index (χ2v) is 6.74. The van der Waals surface area contributed by atoms with Gasteiger partial charge in [-0.25, -0.2) is 0 Å². The van der Waals surface area contributed by atoms with Gasteiger partial charge in [-0.15, -0.1) is 0 Å². The lowest BCUT2D eigenvalue weighted by atomic mass is 10.3. The predicted molar refractivity (Wildman–Crippen MR) is 95.5 cm³/mol. The summed E-state index contributed by atoms with van der Waals surface area (Å²) in [5.74, 6) is 0.00973. The van der Waals surface area contributed by atoms with Gasteiger partial charge in [-0.2, -0.15) is 15.0 Å². The number of ether oxygens (including phenoxy) is 1. The fraction of sp³-hybridized carbons (Fsp3) is 0.375. The van der Waals surface area contributed by atoms with Crippen LogP contribution in [0.25, 0.3) is 0 Å². The molecule has 0 amide bonds. The van der Waals surface area contributed by atoms with Crippen LogP contribution in [0.1, 0.15) is 6.92 Å². The molecule has 8 nitrogen and oxygen atoms in total. The van der Waals surface area contributed by atoms with Gasteiger partial charge in [0.05, 0.1) is 13.2 Å². The van der Waals surface area contributed by atoms with Crippen molar-refractivity contribution < 1.29 is 14.6 Å². The number of anilines is 3. The average molecular weight is 361 g/mol. The molecule has 9 heteroatoms. The minimum absolute atomic E-state index is 0.379. The van der Waals surface area contributed by atoms with Crippen molar-refractivity contribution in [2.75, 3.05) is 36.5 Å². The molecule has 25 heavy (non-hydrogen) atoms. The van der Waals surface area contributed by atoms with Gasteiger partial charge < -0.3 is 20.1 Å². The second kappa shape index (κ2) is 8.13. The first kappa shape index (κ1) is 17.4. The molecular formula is C16H19N5O3S. The van der Waals surface area contributed by atoms with Crippen molar-refractivity contribution in [3.05, 3.63) is 30.3 Å². The molecule has 0 spiro atoms. The summed E-state index contributed by atoms with van der Waals surface area (Å²) in [5, 5.41) is 12.0. The first-order chi connectivity index (χ1) is 12.1. The third-order valence-corrected chi connectivity index (χ3v) is 4.51. The summed E-state index contributed by atoms with van der Waals surface area (Å²) in [7, 11) is 0. The first-order valence-electron chi connectivity index (χ1n) is 7.92. The molecule has 0 bridgehead atoms. The quantitative estimate of drug-likeness (QED) is 0.748. The number of morpholine rings is 1. The Labute approximate surface area is 149 Å². The van der Waals surface area contributed by atoms with Gasteiger partial charge in [0.1, 0.15) is 5.25 Å². The van der Waals surface area contributed by atoms with Gasteiger partial charge in [0.15, 0.2) is 5.16 Å². The van der Waals surface area contributed by atoms with Gasteiger partial charge in [0, 0.05) is 18.8 Å². The lowest BCUT2D eigenvalue weighted by molar-refractivity contribution is -0.136. The molecule has 1 aliphatic rings. The highest BCUT2D eigenvalue weighted by atomic mass is 32.2. The smallest absolute Gasteiger partial charge is 0.316 e. The Morgan fingerprint density at radius 3 is 2.64 bits per heavy atom. The number of nitrogens with one attached hydrogen (secondary N) is 1. The third kappa shape index (κ3) is 4.80. The SMILES string of the molecule is CC(Sc1nc(Nc2ccccc2)nc(N2CCOCC2)n1)C(=O)O. The van der Waals surface area contributed by atoms with E-state index in [-0.39, 0.29) is 0 Å². The second-order valence-electron chi connectivity index (χ2n) is 5.43. The Balaban J connectivity index is 1.88. The molecule has 0 saturated carbocycles. The Morgan fingerprint density at radius 2 is 1.96 bits per heavy atom. The van der Waals surface area contributed by atoms with Crippen molar-refractivity contribution in [3.8, 4) is 0 Å². The summed E-state index contributed by atoms with van der Waals surface area (Å²) in [6.45, 7) is 4.21. The largest absolute Gasteiger partial charge is 0.480 e. The number of aromatic nitrogens is 3. The fourth-order valence-electron chi connectivity index (χ4n) is 2.22. The number of hydrogen-bond acceptors (Lipinski definition) is 8. The molecule has 3 rings (SSSR count). The van der Waals surface area contributed by atoms with Gasteiger partial charge in [-0.05, 0) is 19.1 Å². The van der Waals surface area contributed by atoms with E-state index in [0.717, 1.165) is 17.4 Å². The summed E-state index contributed by atoms with van der Waals surface area (Å²) >= 11 is 1.09. The highest BCUT2D eigenvalue weighted by Gasteiger charge is 2.20. The van der Waals surface area contributed by atoms with Crippen molar-refractivity contribution >= 4 is 35.3 Å². The van der Waals surface area contributed by atoms with Crippen LogP contribution >= 0.6 is 11.8 Å². The number of para-hydroxylation sites is 1. The zero-order chi connectivity index (χ0) is 17.6. The summed E-state index contributed by atoms with van der Waals surface area (Å²) < 4.78 is 5.36. The van der Waals surface area contributed by atoms with Crippen molar-refractivity contribution in [2.24, 2.45) is 0 Å². The molecule has 2 N–H and O–H groups in total. The minimum Gasteiger partial charge on any atom is -0.480 e. The maximum absolute atomic E-state index is 11.1. The first-order valence-corrected chi connectivity index (χ1v) is 8.80. The Bertz CT molecular complexity index is 725. The average Bonchev–Trinajstić information content (AvgIpc) is 2.63.